The molecule has 19 aromatic rings. The number of aromatic nitrogens is 8. The second kappa shape index (κ2) is 40.7. The molecule has 17 heteroatoms. The second-order valence-electron chi connectivity index (χ2n) is 28.1. The fraction of sp³-hybridized carbons (Fsp3) is 0.0288. The standard InChI is InChI=1S/C29H20N2.C28H17N3.C18H12BrN.C13H8Br2.C11H10BNO2.C5H4N.BrH.Pt.Zn/c1-3-16-30-28(14-1)21-9-5-8-20(18-21)22-10-6-11-23-24-12-7-13-25(27(24)19-26(22)23)29-15-2-4-17-31-29;1-3-16-29-25(14-1)20-9-5-8-19(18-20)21-10-6-11-22-23-12-7-13-24(28(23)31-27(21)22)26-15-2-4-17-30-26;19-17-8-4-6-13-12-5-3-7-14(15(12)11-16(13)17)18-9-1-2-10-20-18;14-12-5-1-3-8-9-4-2-6-13(15)11(9)7-10(8)12;14-12(15)10-5-3-4-9(8-10)11-6-1-2-7-13-11;1-2-4-6-5-3-1;;;/h1-18H,19H2;1-17H;1-10H,11H2;1-6H,7H2;1-8,14-15H;1-4H;1H;;/q;-2;;;;-1;;2*+2/p-1. The quantitative estimate of drug-likeness (QED) is 0.106. The van der Waals surface area contributed by atoms with Crippen molar-refractivity contribution in [2.24, 2.45) is 0 Å². The maximum atomic E-state index is 9.03. The van der Waals surface area contributed by atoms with Gasteiger partial charge in [-0.05, 0) is 203 Å². The fourth-order valence-electron chi connectivity index (χ4n) is 15.6. The maximum Gasteiger partial charge on any atom is 0.0705 e. The van der Waals surface area contributed by atoms with Crippen molar-refractivity contribution in [1.82, 2.24) is 39.9 Å². The Morgan fingerprint density at radius 3 is 1.07 bits per heavy atom. The van der Waals surface area contributed by atoms with E-state index in [-0.39, 0.29) is 21.1 Å². The van der Waals surface area contributed by atoms with Gasteiger partial charge in [0.15, 0.2) is 0 Å². The summed E-state index contributed by atoms with van der Waals surface area (Å²) in [6.07, 6.45) is 18.1. The molecular formula is C104H71BBr4N8O2PtZn. The van der Waals surface area contributed by atoms with E-state index in [9.17, 15) is 0 Å². The van der Waals surface area contributed by atoms with Crippen molar-refractivity contribution in [3.8, 4) is 123 Å². The van der Waals surface area contributed by atoms with E-state index >= 15 is 0 Å². The van der Waals surface area contributed by atoms with Gasteiger partial charge < -0.3 is 20.0 Å². The van der Waals surface area contributed by atoms with Gasteiger partial charge >= 0.3 is 58.1 Å². The zero-order chi connectivity index (χ0) is 82.1. The molecule has 3 aliphatic carbocycles. The molecule has 0 bridgehead atoms. The van der Waals surface area contributed by atoms with E-state index in [1.54, 1.807) is 42.9 Å². The average molecular weight is 2060 g/mol. The number of hydrogen-bond acceptors (Lipinski definition) is 9. The van der Waals surface area contributed by atoms with E-state index in [1.807, 2.05) is 134 Å². The molecular weight excluding hydrogens is 1980 g/mol. The number of nitrogens with zero attached hydrogens (tertiary/aromatic N) is 8. The van der Waals surface area contributed by atoms with Crippen molar-refractivity contribution in [3.05, 3.63) is 442 Å². The SMILES string of the molecule is Brc1cccc2c1Cc1c(-c3ccccn3)cccc1-2.Brc1cccc2c1Cc1c(Br)cccc1-2.OB(O)c1cccc(-c2ccccn2)c1.[Pt+2].[Zn+][Br].[c-]1c(-c2ccccn2)cccc1-c1cccc2c1[n-]c1c(-c3ccccn3)cccc12.[c-]1ccccn1.c1ccc(-c2cccc(-c3cccc4c3Cc3c(-c5ccccn5)cccc3-4)c2)nc1. The third-order valence-electron chi connectivity index (χ3n) is 21.0. The molecule has 22 rings (SSSR count). The molecule has 11 aromatic carbocycles. The Morgan fingerprint density at radius 1 is 0.289 bits per heavy atom. The third kappa shape index (κ3) is 19.3. The maximum absolute atomic E-state index is 9.03. The van der Waals surface area contributed by atoms with Gasteiger partial charge in [-0.15, -0.1) is 35.3 Å². The number of halogens is 4. The smallest absolute Gasteiger partial charge is 0.0705 e. The topological polar surface area (TPSA) is 145 Å². The molecule has 0 fully saturated rings. The largest absolute Gasteiger partial charge is 0.662 e. The van der Waals surface area contributed by atoms with Crippen LogP contribution in [0.25, 0.3) is 145 Å². The minimum Gasteiger partial charge on any atom is -0.662 e. The first-order chi connectivity index (χ1) is 59.1. The van der Waals surface area contributed by atoms with E-state index in [1.165, 1.54) is 119 Å². The minimum atomic E-state index is -1.44. The van der Waals surface area contributed by atoms with Crippen LogP contribution in [0.4, 0.5) is 0 Å². The van der Waals surface area contributed by atoms with Crippen molar-refractivity contribution in [1.29, 1.82) is 0 Å². The van der Waals surface area contributed by atoms with Gasteiger partial charge in [-0.2, -0.15) is 23.7 Å². The summed E-state index contributed by atoms with van der Waals surface area (Å²) in [5.74, 6) is 0. The van der Waals surface area contributed by atoms with E-state index in [4.69, 9.17) is 15.0 Å². The van der Waals surface area contributed by atoms with Crippen LogP contribution < -0.4 is 10.4 Å². The predicted octanol–water partition coefficient (Wildman–Crippen LogP) is 25.6. The zero-order valence-corrected chi connectivity index (χ0v) is 76.7. The molecule has 0 unspecified atom stereocenters. The van der Waals surface area contributed by atoms with Gasteiger partial charge in [-0.1, -0.05) is 284 Å². The van der Waals surface area contributed by atoms with Crippen molar-refractivity contribution in [3.63, 3.8) is 0 Å². The predicted molar refractivity (Wildman–Crippen MR) is 499 cm³/mol. The fourth-order valence-corrected chi connectivity index (χ4v) is 17.1. The van der Waals surface area contributed by atoms with E-state index in [2.05, 4.69) is 315 Å². The van der Waals surface area contributed by atoms with Crippen LogP contribution in [0.1, 0.15) is 33.4 Å². The van der Waals surface area contributed by atoms with Crippen LogP contribution in [0.5, 0.6) is 0 Å². The van der Waals surface area contributed by atoms with Gasteiger partial charge in [-0.25, -0.2) is 0 Å². The third-order valence-corrected chi connectivity index (χ3v) is 23.3. The van der Waals surface area contributed by atoms with Crippen LogP contribution in [0, 0.1) is 12.3 Å². The van der Waals surface area contributed by atoms with Gasteiger partial charge in [0.05, 0.1) is 28.5 Å². The Labute approximate surface area is 760 Å². The van der Waals surface area contributed by atoms with Gasteiger partial charge in [0.25, 0.3) is 0 Å². The van der Waals surface area contributed by atoms with Gasteiger partial charge in [0, 0.05) is 85.8 Å². The van der Waals surface area contributed by atoms with Crippen LogP contribution in [0.2, 0.25) is 0 Å². The van der Waals surface area contributed by atoms with Crippen LogP contribution >= 0.6 is 61.4 Å². The van der Waals surface area contributed by atoms with E-state index < -0.39 is 7.12 Å². The Morgan fingerprint density at radius 2 is 0.628 bits per heavy atom. The normalized spacial score (nSPS) is 11.1. The monoisotopic (exact) mass is 2050 g/mol. The molecule has 2 N–H and O–H groups in total. The van der Waals surface area contributed by atoms with Crippen molar-refractivity contribution in [2.45, 2.75) is 19.3 Å². The molecule has 8 aromatic heterocycles. The summed E-state index contributed by atoms with van der Waals surface area (Å²) in [4.78, 5) is 35.6. The van der Waals surface area contributed by atoms with Crippen molar-refractivity contribution in [2.75, 3.05) is 0 Å². The molecule has 10 nitrogen and oxygen atoms in total. The number of pyridine rings is 7. The number of fused-ring (bicyclic) bond motifs is 12. The van der Waals surface area contributed by atoms with Gasteiger partial charge in [0.2, 0.25) is 0 Å². The van der Waals surface area contributed by atoms with E-state index in [0.717, 1.165) is 109 Å². The first kappa shape index (κ1) is 84.5. The van der Waals surface area contributed by atoms with E-state index in [0.29, 0.717) is 5.46 Å². The molecule has 0 saturated heterocycles. The summed E-state index contributed by atoms with van der Waals surface area (Å²) in [5, 5.41) is 20.3. The zero-order valence-electron chi connectivity index (χ0n) is 65.1. The molecule has 0 radical (unpaired) electrons. The van der Waals surface area contributed by atoms with Gasteiger partial charge in [-0.3, -0.25) is 29.9 Å². The second-order valence-corrected chi connectivity index (χ2v) is 30.7. The van der Waals surface area contributed by atoms with Crippen molar-refractivity contribution < 1.29 is 47.5 Å². The summed E-state index contributed by atoms with van der Waals surface area (Å²) < 4.78 is 3.62. The Hall–Kier alpha value is -11.5. The Bertz CT molecular complexity index is 6680. The number of benzene rings is 11. The Kier molecular flexibility index (Phi) is 28.4. The molecule has 0 amide bonds. The summed E-state index contributed by atoms with van der Waals surface area (Å²) >= 11 is 15.2. The molecule has 3 aliphatic rings. The Balaban J connectivity index is 0.000000118. The molecule has 8 heterocycles. The molecule has 582 valence electrons. The molecule has 0 saturated carbocycles. The molecule has 121 heavy (non-hydrogen) atoms. The molecule has 0 spiro atoms. The number of hydrogen-bond donors (Lipinski definition) is 2. The van der Waals surface area contributed by atoms with Crippen LogP contribution in [-0.2, 0) is 56.7 Å². The van der Waals surface area contributed by atoms with Crippen molar-refractivity contribution >= 4 is 95.8 Å². The first-order valence-corrected chi connectivity index (χ1v) is 48.3. The summed E-state index contributed by atoms with van der Waals surface area (Å²) in [7, 11) is -1.44. The summed E-state index contributed by atoms with van der Waals surface area (Å²) in [5.41, 5.74) is 35.6. The van der Waals surface area contributed by atoms with Crippen LogP contribution in [0.15, 0.2) is 397 Å². The van der Waals surface area contributed by atoms with Gasteiger partial charge in [0.1, 0.15) is 0 Å². The average Bonchev–Trinajstić information content (AvgIpc) is 1.63. The van der Waals surface area contributed by atoms with Crippen LogP contribution in [0.3, 0.4) is 0 Å². The molecule has 0 atom stereocenters. The molecule has 0 aliphatic heterocycles. The summed E-state index contributed by atoms with van der Waals surface area (Å²) in [6.45, 7) is 0. The minimum absolute atomic E-state index is 0. The first-order valence-electron chi connectivity index (χ1n) is 38.9. The number of para-hydroxylation sites is 2. The summed E-state index contributed by atoms with van der Waals surface area (Å²) in [6, 6.07) is 118. The number of rotatable bonds is 9. The van der Waals surface area contributed by atoms with Crippen LogP contribution in [-0.4, -0.2) is 52.1 Å².